The maximum atomic E-state index is 13.1. The van der Waals surface area contributed by atoms with Crippen LogP contribution in [0.25, 0.3) is 0 Å². The monoisotopic (exact) mass is 666 g/mol. The number of hydrogen-bond donors (Lipinski definition) is 0. The van der Waals surface area contributed by atoms with Gasteiger partial charge in [0.25, 0.3) is 0 Å². The highest BCUT2D eigenvalue weighted by molar-refractivity contribution is 5.81. The largest absolute Gasteiger partial charge is 0.364 e. The summed E-state index contributed by atoms with van der Waals surface area (Å²) < 4.78 is 46.0. The van der Waals surface area contributed by atoms with E-state index < -0.39 is 43.3 Å². The third-order valence-electron chi connectivity index (χ3n) is 13.0. The summed E-state index contributed by atoms with van der Waals surface area (Å²) in [7, 11) is 0. The lowest BCUT2D eigenvalue weighted by atomic mass is 9.78. The van der Waals surface area contributed by atoms with E-state index in [1.165, 1.54) is 0 Å². The molecule has 0 spiro atoms. The number of ether oxygens (including phenoxy) is 7. The average molecular weight is 667 g/mol. The molecule has 0 amide bonds. The van der Waals surface area contributed by atoms with Gasteiger partial charge in [-0.05, 0) is 69.1 Å². The first-order chi connectivity index (χ1) is 22.0. The summed E-state index contributed by atoms with van der Waals surface area (Å²) in [6.45, 7) is 28.9. The number of carbonyl (C=O) groups excluding carboxylic acids is 2. The molecule has 9 unspecified atom stereocenters. The summed E-state index contributed by atoms with van der Waals surface area (Å²) in [6, 6.07) is 0. The minimum atomic E-state index is -0.759. The van der Waals surface area contributed by atoms with Gasteiger partial charge in [0.15, 0.2) is 30.4 Å². The number of hydrogen-bond acceptors (Lipinski definition) is 9. The Morgan fingerprint density at radius 1 is 0.447 bits per heavy atom. The highest BCUT2D eigenvalue weighted by Gasteiger charge is 2.52. The Hall–Kier alpha value is -0.940. The Balaban J connectivity index is 1.47. The molecule has 4 fully saturated rings. The second-order valence-corrected chi connectivity index (χ2v) is 15.8. The van der Waals surface area contributed by atoms with E-state index in [2.05, 4.69) is 76.2 Å². The molecule has 0 saturated carbocycles. The molecule has 0 bridgehead atoms. The predicted molar refractivity (Wildman–Crippen MR) is 179 cm³/mol. The summed E-state index contributed by atoms with van der Waals surface area (Å²) in [5.41, 5.74) is 0. The predicted octanol–water partition coefficient (Wildman–Crippen LogP) is 6.83. The Morgan fingerprint density at radius 3 is 1.32 bits per heavy atom. The molecule has 0 aliphatic carbocycles. The van der Waals surface area contributed by atoms with E-state index >= 15 is 0 Å². The Bertz CT molecular complexity index is 1050. The Kier molecular flexibility index (Phi) is 13.2. The van der Waals surface area contributed by atoms with Gasteiger partial charge in [0.05, 0.1) is 36.6 Å². The summed E-state index contributed by atoms with van der Waals surface area (Å²) in [4.78, 5) is 25.7. The van der Waals surface area contributed by atoms with Gasteiger partial charge in [-0.3, -0.25) is 9.59 Å². The molecule has 0 N–H and O–H groups in total. The smallest absolute Gasteiger partial charge is 0.162 e. The van der Waals surface area contributed by atoms with E-state index in [9.17, 15) is 9.59 Å². The number of ketones is 2. The van der Waals surface area contributed by atoms with Gasteiger partial charge < -0.3 is 33.2 Å². The van der Waals surface area contributed by atoms with Crippen LogP contribution in [0.1, 0.15) is 110 Å². The molecule has 0 aromatic carbocycles. The summed E-state index contributed by atoms with van der Waals surface area (Å²) in [6.07, 6.45) is -2.48. The van der Waals surface area contributed by atoms with Crippen molar-refractivity contribution in [2.75, 3.05) is 0 Å². The minimum Gasteiger partial charge on any atom is -0.364 e. The van der Waals surface area contributed by atoms with Gasteiger partial charge in [0, 0.05) is 17.8 Å². The van der Waals surface area contributed by atoms with E-state index in [-0.39, 0.29) is 77.4 Å². The maximum Gasteiger partial charge on any atom is 0.162 e. The van der Waals surface area contributed by atoms with Gasteiger partial charge in [-0.15, -0.1) is 0 Å². The SMILES string of the molecule is CCC1O[C@@H](O[C@H]2C(C(C)=O)O[C@@H](O[C@H]3C(CC)O[C@@H](O[C@H]4C(C(C)=O)OC(C)[C@@H](C)C4C)C(C)[C@H]3C)C(C)[C@H]2C)C(C)[C@@H](C)[C@H]1C. The van der Waals surface area contributed by atoms with Gasteiger partial charge in [-0.25, -0.2) is 0 Å². The quantitative estimate of drug-likeness (QED) is 0.249. The zero-order chi connectivity index (χ0) is 35.1. The van der Waals surface area contributed by atoms with E-state index in [0.29, 0.717) is 18.3 Å². The standard InChI is InChI=1S/C38H66O9/c1-15-29-19(5)17(3)23(9)36(42-29)46-33-22(8)25(11)38(47-35(33)27(13)40)44-31-21(7)24(10)37(43-30(31)16-2)45-32-20(6)18(4)28(14)41-34(32)26(12)39/h17-25,28-38H,15-16H2,1-14H3/t17-,18-,19+,20?,21+,22+,23?,24?,25?,28?,29?,30?,31+,32+,33+,34?,35?,36-,37-,38+/m0/s1. The lowest BCUT2D eigenvalue weighted by Gasteiger charge is -2.51. The molecular formula is C38H66O9. The van der Waals surface area contributed by atoms with Crippen molar-refractivity contribution in [1.82, 2.24) is 0 Å². The van der Waals surface area contributed by atoms with Crippen molar-refractivity contribution in [3.63, 3.8) is 0 Å². The van der Waals surface area contributed by atoms with Crippen LogP contribution in [0.4, 0.5) is 0 Å². The molecule has 9 nitrogen and oxygen atoms in total. The van der Waals surface area contributed by atoms with Crippen LogP contribution < -0.4 is 0 Å². The van der Waals surface area contributed by atoms with Crippen molar-refractivity contribution < 1.29 is 42.7 Å². The molecule has 4 aliphatic rings. The van der Waals surface area contributed by atoms with Crippen molar-refractivity contribution in [3.05, 3.63) is 0 Å². The fourth-order valence-corrected chi connectivity index (χ4v) is 8.33. The molecule has 4 rings (SSSR count). The van der Waals surface area contributed by atoms with Crippen LogP contribution in [-0.4, -0.2) is 79.3 Å². The normalized spacial score (nSPS) is 51.0. The van der Waals surface area contributed by atoms with Crippen LogP contribution in [0.2, 0.25) is 0 Å². The van der Waals surface area contributed by atoms with Crippen molar-refractivity contribution in [3.8, 4) is 0 Å². The lowest BCUT2D eigenvalue weighted by molar-refractivity contribution is -0.350. The highest BCUT2D eigenvalue weighted by atomic mass is 16.7. The fraction of sp³-hybridized carbons (Fsp3) is 0.947. The van der Waals surface area contributed by atoms with Crippen molar-refractivity contribution >= 4 is 11.6 Å². The van der Waals surface area contributed by atoms with Gasteiger partial charge in [-0.2, -0.15) is 0 Å². The zero-order valence-electron chi connectivity index (χ0n) is 31.6. The van der Waals surface area contributed by atoms with Gasteiger partial charge in [0.2, 0.25) is 0 Å². The maximum absolute atomic E-state index is 13.1. The average Bonchev–Trinajstić information content (AvgIpc) is 3.03. The van der Waals surface area contributed by atoms with E-state index in [1.807, 2.05) is 6.92 Å². The minimum absolute atomic E-state index is 0.0118. The molecule has 9 heteroatoms. The first-order valence-electron chi connectivity index (χ1n) is 18.6. The van der Waals surface area contributed by atoms with E-state index in [0.717, 1.165) is 6.42 Å². The van der Waals surface area contributed by atoms with Crippen LogP contribution in [0.5, 0.6) is 0 Å². The number of Topliss-reactive ketones (excluding diaryl/α,β-unsaturated/α-hetero) is 2. The Morgan fingerprint density at radius 2 is 0.830 bits per heavy atom. The molecule has 272 valence electrons. The lowest BCUT2D eigenvalue weighted by Crippen LogP contribution is -2.60. The van der Waals surface area contributed by atoms with Crippen molar-refractivity contribution in [1.29, 1.82) is 0 Å². The highest BCUT2D eigenvalue weighted by Crippen LogP contribution is 2.44. The molecule has 4 heterocycles. The summed E-state index contributed by atoms with van der Waals surface area (Å²) >= 11 is 0. The first kappa shape index (κ1) is 38.9. The molecular weight excluding hydrogens is 600 g/mol. The van der Waals surface area contributed by atoms with Crippen molar-refractivity contribution in [2.45, 2.75) is 177 Å². The van der Waals surface area contributed by atoms with Crippen LogP contribution in [-0.2, 0) is 42.7 Å². The summed E-state index contributed by atoms with van der Waals surface area (Å²) in [5.74, 6) is 1.34. The number of carbonyl (C=O) groups is 2. The first-order valence-corrected chi connectivity index (χ1v) is 18.6. The third kappa shape index (κ3) is 7.87. The molecule has 47 heavy (non-hydrogen) atoms. The molecule has 0 aromatic rings. The van der Waals surface area contributed by atoms with Crippen LogP contribution >= 0.6 is 0 Å². The van der Waals surface area contributed by atoms with E-state index in [4.69, 9.17) is 33.2 Å². The third-order valence-corrected chi connectivity index (χ3v) is 13.0. The van der Waals surface area contributed by atoms with Crippen LogP contribution in [0.15, 0.2) is 0 Å². The van der Waals surface area contributed by atoms with Crippen LogP contribution in [0, 0.1) is 53.3 Å². The second-order valence-electron chi connectivity index (χ2n) is 15.8. The van der Waals surface area contributed by atoms with Crippen molar-refractivity contribution in [2.24, 2.45) is 53.3 Å². The summed E-state index contributed by atoms with van der Waals surface area (Å²) in [5, 5.41) is 0. The molecule has 0 aromatic heterocycles. The molecule has 0 radical (unpaired) electrons. The van der Waals surface area contributed by atoms with Gasteiger partial charge >= 0.3 is 0 Å². The van der Waals surface area contributed by atoms with E-state index in [1.54, 1.807) is 13.8 Å². The van der Waals surface area contributed by atoms with Gasteiger partial charge in [-0.1, -0.05) is 76.2 Å². The zero-order valence-corrected chi connectivity index (χ0v) is 31.6. The fourth-order valence-electron chi connectivity index (χ4n) is 8.33. The Labute approximate surface area is 284 Å². The molecule has 20 atom stereocenters. The molecule has 4 saturated heterocycles. The number of rotatable bonds is 10. The molecule has 4 aliphatic heterocycles. The van der Waals surface area contributed by atoms with Crippen LogP contribution in [0.3, 0.4) is 0 Å². The second kappa shape index (κ2) is 15.9. The van der Waals surface area contributed by atoms with Gasteiger partial charge in [0.1, 0.15) is 12.2 Å². The topological polar surface area (TPSA) is 98.8 Å².